The van der Waals surface area contributed by atoms with Crippen molar-refractivity contribution in [2.75, 3.05) is 25.9 Å². The Labute approximate surface area is 93.4 Å². The number of nitrogens with two attached hydrogens (primary N) is 1. The molecule has 0 aromatic heterocycles. The van der Waals surface area contributed by atoms with Crippen molar-refractivity contribution in [3.63, 3.8) is 0 Å². The van der Waals surface area contributed by atoms with Gasteiger partial charge in [-0.1, -0.05) is 12.1 Å². The second-order valence-corrected chi connectivity index (χ2v) is 3.95. The van der Waals surface area contributed by atoms with Gasteiger partial charge in [-0.15, -0.1) is 0 Å². The van der Waals surface area contributed by atoms with Gasteiger partial charge in [0.1, 0.15) is 0 Å². The fourth-order valence-corrected chi connectivity index (χ4v) is 1.78. The van der Waals surface area contributed by atoms with E-state index in [4.69, 9.17) is 5.73 Å². The van der Waals surface area contributed by atoms with Crippen molar-refractivity contribution in [1.82, 2.24) is 9.80 Å². The molecule has 1 saturated heterocycles. The molecule has 5 heteroatoms. The minimum Gasteiger partial charge on any atom is -0.396 e. The molecule has 2 N–H and O–H groups in total. The quantitative estimate of drug-likeness (QED) is 0.768. The van der Waals surface area contributed by atoms with Crippen molar-refractivity contribution in [3.8, 4) is 0 Å². The van der Waals surface area contributed by atoms with Crippen LogP contribution in [0.25, 0.3) is 0 Å². The molecule has 0 radical (unpaired) electrons. The summed E-state index contributed by atoms with van der Waals surface area (Å²) in [6.07, 6.45) is 0. The minimum atomic E-state index is -0.426. The highest BCUT2D eigenvalue weighted by atomic mass is 19.1. The fraction of sp³-hybridized carbons (Fsp3) is 0.364. The first kappa shape index (κ1) is 10.7. The summed E-state index contributed by atoms with van der Waals surface area (Å²) in [5.41, 5.74) is 6.05. The highest BCUT2D eigenvalue weighted by Gasteiger charge is 2.25. The number of likely N-dealkylation sites (N-methyl/N-ethyl adjacent to an activating group) is 1. The molecule has 1 fully saturated rings. The maximum atomic E-state index is 13.6. The summed E-state index contributed by atoms with van der Waals surface area (Å²) in [4.78, 5) is 14.8. The van der Waals surface area contributed by atoms with Gasteiger partial charge in [0.05, 0.1) is 12.2 Å². The smallest absolute Gasteiger partial charge is 0.320 e. The number of carbonyl (C=O) groups excluding carboxylic acids is 1. The molecule has 1 aliphatic rings. The highest BCUT2D eigenvalue weighted by Crippen LogP contribution is 2.18. The van der Waals surface area contributed by atoms with E-state index in [0.717, 1.165) is 0 Å². The molecule has 0 aliphatic carbocycles. The number of benzene rings is 1. The van der Waals surface area contributed by atoms with E-state index in [9.17, 15) is 9.18 Å². The van der Waals surface area contributed by atoms with Crippen LogP contribution in [0.15, 0.2) is 18.2 Å². The van der Waals surface area contributed by atoms with Crippen LogP contribution in [0.5, 0.6) is 0 Å². The number of hydrogen-bond donors (Lipinski definition) is 1. The summed E-state index contributed by atoms with van der Waals surface area (Å²) in [6.45, 7) is 1.59. The van der Waals surface area contributed by atoms with E-state index in [-0.39, 0.29) is 18.3 Å². The SMILES string of the molecule is CN1CCN(Cc2cccc(N)c2F)C1=O. The predicted molar refractivity (Wildman–Crippen MR) is 59.2 cm³/mol. The maximum absolute atomic E-state index is 13.6. The van der Waals surface area contributed by atoms with Crippen LogP contribution in [0.4, 0.5) is 14.9 Å². The van der Waals surface area contributed by atoms with Gasteiger partial charge < -0.3 is 15.5 Å². The fourth-order valence-electron chi connectivity index (χ4n) is 1.78. The van der Waals surface area contributed by atoms with Crippen LogP contribution in [-0.4, -0.2) is 36.0 Å². The van der Waals surface area contributed by atoms with Crippen molar-refractivity contribution in [2.24, 2.45) is 0 Å². The van der Waals surface area contributed by atoms with Crippen LogP contribution in [0, 0.1) is 5.82 Å². The number of nitrogens with zero attached hydrogens (tertiary/aromatic N) is 2. The first-order valence-corrected chi connectivity index (χ1v) is 5.12. The molecule has 1 aromatic rings. The van der Waals surface area contributed by atoms with Gasteiger partial charge in [-0.25, -0.2) is 9.18 Å². The Kier molecular flexibility index (Phi) is 2.68. The average Bonchev–Trinajstić information content (AvgIpc) is 2.57. The van der Waals surface area contributed by atoms with Crippen molar-refractivity contribution in [3.05, 3.63) is 29.6 Å². The van der Waals surface area contributed by atoms with Crippen LogP contribution in [0.3, 0.4) is 0 Å². The summed E-state index contributed by atoms with van der Waals surface area (Å²) in [6, 6.07) is 4.79. The number of anilines is 1. The normalized spacial score (nSPS) is 16.0. The Morgan fingerprint density at radius 1 is 1.44 bits per heavy atom. The third-order valence-electron chi connectivity index (χ3n) is 2.77. The van der Waals surface area contributed by atoms with Crippen LogP contribution >= 0.6 is 0 Å². The Balaban J connectivity index is 2.16. The molecule has 0 atom stereocenters. The second kappa shape index (κ2) is 4.00. The zero-order chi connectivity index (χ0) is 11.7. The van der Waals surface area contributed by atoms with Crippen molar-refractivity contribution in [2.45, 2.75) is 6.54 Å². The van der Waals surface area contributed by atoms with Gasteiger partial charge in [0, 0.05) is 25.7 Å². The third kappa shape index (κ3) is 1.80. The van der Waals surface area contributed by atoms with E-state index >= 15 is 0 Å². The summed E-state index contributed by atoms with van der Waals surface area (Å²) < 4.78 is 13.6. The van der Waals surface area contributed by atoms with Gasteiger partial charge in [-0.05, 0) is 6.07 Å². The molecule has 0 spiro atoms. The minimum absolute atomic E-state index is 0.0678. The molecule has 2 amide bonds. The Morgan fingerprint density at radius 3 is 2.81 bits per heavy atom. The Bertz CT molecular complexity index is 422. The van der Waals surface area contributed by atoms with Gasteiger partial charge in [0.2, 0.25) is 0 Å². The molecule has 0 saturated carbocycles. The van der Waals surface area contributed by atoms with E-state index in [1.165, 1.54) is 6.07 Å². The maximum Gasteiger partial charge on any atom is 0.320 e. The van der Waals surface area contributed by atoms with Gasteiger partial charge >= 0.3 is 6.03 Å². The van der Waals surface area contributed by atoms with E-state index < -0.39 is 5.82 Å². The molecule has 86 valence electrons. The van der Waals surface area contributed by atoms with Gasteiger partial charge in [-0.3, -0.25) is 0 Å². The van der Waals surface area contributed by atoms with Gasteiger partial charge in [0.25, 0.3) is 0 Å². The van der Waals surface area contributed by atoms with Crippen LogP contribution in [0.2, 0.25) is 0 Å². The van der Waals surface area contributed by atoms with Gasteiger partial charge in [-0.2, -0.15) is 0 Å². The second-order valence-electron chi connectivity index (χ2n) is 3.95. The number of amides is 2. The van der Waals surface area contributed by atoms with E-state index in [2.05, 4.69) is 0 Å². The van der Waals surface area contributed by atoms with Crippen LogP contribution < -0.4 is 5.73 Å². The Hall–Kier alpha value is -1.78. The predicted octanol–water partition coefficient (Wildman–Crippen LogP) is 1.28. The Morgan fingerprint density at radius 2 is 2.19 bits per heavy atom. The van der Waals surface area contributed by atoms with E-state index in [1.807, 2.05) is 0 Å². The van der Waals surface area contributed by atoms with Gasteiger partial charge in [0.15, 0.2) is 5.82 Å². The van der Waals surface area contributed by atoms with Crippen molar-refractivity contribution >= 4 is 11.7 Å². The number of halogens is 1. The summed E-state index contributed by atoms with van der Waals surface area (Å²) in [5.74, 6) is -0.426. The van der Waals surface area contributed by atoms with E-state index in [1.54, 1.807) is 29.0 Å². The topological polar surface area (TPSA) is 49.6 Å². The van der Waals surface area contributed by atoms with Crippen LogP contribution in [-0.2, 0) is 6.54 Å². The lowest BCUT2D eigenvalue weighted by Crippen LogP contribution is -2.29. The molecule has 0 bridgehead atoms. The molecule has 1 aliphatic heterocycles. The molecule has 1 heterocycles. The third-order valence-corrected chi connectivity index (χ3v) is 2.77. The molecule has 2 rings (SSSR count). The molecular formula is C11H14FN3O. The lowest BCUT2D eigenvalue weighted by atomic mass is 10.2. The molecule has 1 aromatic carbocycles. The number of nitrogen functional groups attached to an aromatic ring is 1. The largest absolute Gasteiger partial charge is 0.396 e. The van der Waals surface area contributed by atoms with Crippen LogP contribution in [0.1, 0.15) is 5.56 Å². The number of hydrogen-bond acceptors (Lipinski definition) is 2. The molecule has 0 unspecified atom stereocenters. The molecule has 16 heavy (non-hydrogen) atoms. The number of carbonyl (C=O) groups is 1. The lowest BCUT2D eigenvalue weighted by Gasteiger charge is -2.16. The van der Waals surface area contributed by atoms with Crippen molar-refractivity contribution < 1.29 is 9.18 Å². The lowest BCUT2D eigenvalue weighted by molar-refractivity contribution is 0.196. The molecule has 4 nitrogen and oxygen atoms in total. The summed E-state index contributed by atoms with van der Waals surface area (Å²) in [7, 11) is 1.73. The van der Waals surface area contributed by atoms with E-state index in [0.29, 0.717) is 18.7 Å². The average molecular weight is 223 g/mol. The highest BCUT2D eigenvalue weighted by molar-refractivity contribution is 5.76. The summed E-state index contributed by atoms with van der Waals surface area (Å²) in [5, 5.41) is 0. The number of rotatable bonds is 2. The number of urea groups is 1. The summed E-state index contributed by atoms with van der Waals surface area (Å²) >= 11 is 0. The first-order chi connectivity index (χ1) is 7.59. The molecular weight excluding hydrogens is 209 g/mol. The zero-order valence-electron chi connectivity index (χ0n) is 9.11. The first-order valence-electron chi connectivity index (χ1n) is 5.12. The zero-order valence-corrected chi connectivity index (χ0v) is 9.11. The standard InChI is InChI=1S/C11H14FN3O/c1-14-5-6-15(11(14)16)7-8-3-2-4-9(13)10(8)12/h2-4H,5-7,13H2,1H3. The monoisotopic (exact) mass is 223 g/mol. The van der Waals surface area contributed by atoms with Crippen molar-refractivity contribution in [1.29, 1.82) is 0 Å².